The molecule has 0 heterocycles. The molecule has 2 unspecified atom stereocenters. The van der Waals surface area contributed by atoms with Crippen LogP contribution in [0.2, 0.25) is 0 Å². The number of primary amides is 1. The quantitative estimate of drug-likeness (QED) is 0.460. The van der Waals surface area contributed by atoms with Crippen molar-refractivity contribution in [2.45, 2.75) is 68.7 Å². The van der Waals surface area contributed by atoms with Crippen LogP contribution in [0.3, 0.4) is 0 Å². The maximum Gasteiger partial charge on any atom is 0.240 e. The number of benzene rings is 1. The van der Waals surface area contributed by atoms with Crippen LogP contribution in [0.25, 0.3) is 0 Å². The molecular formula is C17H27ClN2O3S. The van der Waals surface area contributed by atoms with Gasteiger partial charge in [-0.05, 0) is 25.5 Å². The lowest BCUT2D eigenvalue weighted by atomic mass is 10.0. The summed E-state index contributed by atoms with van der Waals surface area (Å²) in [7, 11) is -3.74. The zero-order valence-corrected chi connectivity index (χ0v) is 15.9. The van der Waals surface area contributed by atoms with Gasteiger partial charge < -0.3 is 5.73 Å². The summed E-state index contributed by atoms with van der Waals surface area (Å²) in [6.07, 6.45) is 5.59. The van der Waals surface area contributed by atoms with Crippen molar-refractivity contribution >= 4 is 27.5 Å². The van der Waals surface area contributed by atoms with E-state index in [1.165, 1.54) is 12.1 Å². The Morgan fingerprint density at radius 2 is 1.75 bits per heavy atom. The van der Waals surface area contributed by atoms with Crippen molar-refractivity contribution in [1.82, 2.24) is 4.72 Å². The molecule has 0 saturated carbocycles. The van der Waals surface area contributed by atoms with Gasteiger partial charge in [-0.15, -0.1) is 11.6 Å². The van der Waals surface area contributed by atoms with Gasteiger partial charge in [0, 0.05) is 6.04 Å². The number of nitrogens with two attached hydrogens (primary N) is 1. The summed E-state index contributed by atoms with van der Waals surface area (Å²) in [6.45, 7) is 4.01. The average molecular weight is 375 g/mol. The number of halogens is 1. The van der Waals surface area contributed by atoms with E-state index >= 15 is 0 Å². The van der Waals surface area contributed by atoms with Crippen LogP contribution in [0, 0.1) is 6.92 Å². The number of carbonyl (C=O) groups excluding carboxylic acids is 1. The first-order valence-corrected chi connectivity index (χ1v) is 10.2. The predicted octanol–water partition coefficient (Wildman–Crippen LogP) is 3.10. The zero-order chi connectivity index (χ0) is 18.2. The Kier molecular flexibility index (Phi) is 8.73. The minimum atomic E-state index is -3.74. The van der Waals surface area contributed by atoms with E-state index in [0.717, 1.165) is 37.7 Å². The molecule has 1 aromatic rings. The summed E-state index contributed by atoms with van der Waals surface area (Å²) in [4.78, 5) is 11.5. The molecule has 2 atom stereocenters. The smallest absolute Gasteiger partial charge is 0.240 e. The summed E-state index contributed by atoms with van der Waals surface area (Å²) in [6, 6.07) is 5.80. The highest BCUT2D eigenvalue weighted by Crippen LogP contribution is 2.17. The second kappa shape index (κ2) is 10.0. The van der Waals surface area contributed by atoms with Crippen molar-refractivity contribution in [2.24, 2.45) is 5.73 Å². The number of hydrogen-bond acceptors (Lipinski definition) is 3. The standard InChI is InChI=1S/C17H27ClN2O3S/c1-3-4-5-6-7-8-15(16(18)17(19)21)20-24(22,23)14-11-9-13(2)10-12-14/h9-12,15-16,20H,3-8H2,1-2H3,(H2,19,21). The van der Waals surface area contributed by atoms with E-state index in [1.807, 2.05) is 6.92 Å². The molecule has 0 aliphatic rings. The molecular weight excluding hydrogens is 348 g/mol. The topological polar surface area (TPSA) is 89.3 Å². The van der Waals surface area contributed by atoms with Crippen molar-refractivity contribution < 1.29 is 13.2 Å². The third-order valence-electron chi connectivity index (χ3n) is 3.88. The minimum Gasteiger partial charge on any atom is -0.368 e. The van der Waals surface area contributed by atoms with Crippen LogP contribution >= 0.6 is 11.6 Å². The maximum absolute atomic E-state index is 12.5. The van der Waals surface area contributed by atoms with E-state index in [1.54, 1.807) is 12.1 Å². The molecule has 5 nitrogen and oxygen atoms in total. The molecule has 1 rings (SSSR count). The van der Waals surface area contributed by atoms with Gasteiger partial charge in [-0.2, -0.15) is 0 Å². The van der Waals surface area contributed by atoms with Crippen LogP contribution in [-0.2, 0) is 14.8 Å². The molecule has 136 valence electrons. The highest BCUT2D eigenvalue weighted by molar-refractivity contribution is 7.89. The molecule has 24 heavy (non-hydrogen) atoms. The molecule has 0 aliphatic heterocycles. The van der Waals surface area contributed by atoms with Gasteiger partial charge in [0.25, 0.3) is 0 Å². The highest BCUT2D eigenvalue weighted by Gasteiger charge is 2.28. The molecule has 7 heteroatoms. The first-order chi connectivity index (χ1) is 11.3. The molecule has 0 bridgehead atoms. The predicted molar refractivity (Wildman–Crippen MR) is 97.5 cm³/mol. The first kappa shape index (κ1) is 20.9. The van der Waals surface area contributed by atoms with E-state index in [9.17, 15) is 13.2 Å². The monoisotopic (exact) mass is 374 g/mol. The van der Waals surface area contributed by atoms with E-state index in [2.05, 4.69) is 11.6 Å². The Morgan fingerprint density at radius 1 is 1.17 bits per heavy atom. The molecule has 3 N–H and O–H groups in total. The zero-order valence-electron chi connectivity index (χ0n) is 14.3. The lowest BCUT2D eigenvalue weighted by Crippen LogP contribution is -2.46. The second-order valence-electron chi connectivity index (χ2n) is 6.05. The Bertz CT molecular complexity index is 617. The molecule has 0 saturated heterocycles. The van der Waals surface area contributed by atoms with Crippen LogP contribution in [0.1, 0.15) is 51.0 Å². The summed E-state index contributed by atoms with van der Waals surface area (Å²) in [5, 5.41) is -1.07. The molecule has 1 aromatic carbocycles. The molecule has 1 amide bonds. The Balaban J connectivity index is 2.79. The van der Waals surface area contributed by atoms with Crippen LogP contribution in [0.5, 0.6) is 0 Å². The number of nitrogens with one attached hydrogen (secondary N) is 1. The number of hydrogen-bond donors (Lipinski definition) is 2. The minimum absolute atomic E-state index is 0.150. The van der Waals surface area contributed by atoms with E-state index in [0.29, 0.717) is 6.42 Å². The summed E-state index contributed by atoms with van der Waals surface area (Å²) in [5.41, 5.74) is 6.23. The summed E-state index contributed by atoms with van der Waals surface area (Å²) >= 11 is 6.04. The number of rotatable bonds is 11. The van der Waals surface area contributed by atoms with Gasteiger partial charge in [-0.1, -0.05) is 56.7 Å². The number of amides is 1. The summed E-state index contributed by atoms with van der Waals surface area (Å²) < 4.78 is 27.5. The van der Waals surface area contributed by atoms with E-state index in [-0.39, 0.29) is 4.90 Å². The second-order valence-corrected chi connectivity index (χ2v) is 8.23. The lowest BCUT2D eigenvalue weighted by molar-refractivity contribution is -0.118. The number of carbonyl (C=O) groups is 1. The number of unbranched alkanes of at least 4 members (excludes halogenated alkanes) is 4. The number of alkyl halides is 1. The van der Waals surface area contributed by atoms with E-state index < -0.39 is 27.3 Å². The molecule has 0 fully saturated rings. The van der Waals surface area contributed by atoms with Crippen molar-refractivity contribution in [2.75, 3.05) is 0 Å². The molecule has 0 aromatic heterocycles. The van der Waals surface area contributed by atoms with Gasteiger partial charge in [-0.3, -0.25) is 4.79 Å². The maximum atomic E-state index is 12.5. The lowest BCUT2D eigenvalue weighted by Gasteiger charge is -2.21. The Hall–Kier alpha value is -1.11. The largest absolute Gasteiger partial charge is 0.368 e. The van der Waals surface area contributed by atoms with Crippen LogP contribution in [-0.4, -0.2) is 25.7 Å². The summed E-state index contributed by atoms with van der Waals surface area (Å²) in [5.74, 6) is -0.721. The van der Waals surface area contributed by atoms with Crippen molar-refractivity contribution in [1.29, 1.82) is 0 Å². The fourth-order valence-electron chi connectivity index (χ4n) is 2.42. The molecule has 0 radical (unpaired) electrons. The fraction of sp³-hybridized carbons (Fsp3) is 0.588. The molecule has 0 aliphatic carbocycles. The van der Waals surface area contributed by atoms with Crippen molar-refractivity contribution in [3.8, 4) is 0 Å². The van der Waals surface area contributed by atoms with Gasteiger partial charge >= 0.3 is 0 Å². The van der Waals surface area contributed by atoms with Crippen LogP contribution in [0.15, 0.2) is 29.2 Å². The van der Waals surface area contributed by atoms with Gasteiger partial charge in [0.05, 0.1) is 4.90 Å². The van der Waals surface area contributed by atoms with Crippen molar-refractivity contribution in [3.05, 3.63) is 29.8 Å². The highest BCUT2D eigenvalue weighted by atomic mass is 35.5. The van der Waals surface area contributed by atoms with Crippen LogP contribution in [0.4, 0.5) is 0 Å². The van der Waals surface area contributed by atoms with Gasteiger partial charge in [0.15, 0.2) is 0 Å². The van der Waals surface area contributed by atoms with Crippen molar-refractivity contribution in [3.63, 3.8) is 0 Å². The SMILES string of the molecule is CCCCCCCC(NS(=O)(=O)c1ccc(C)cc1)C(Cl)C(N)=O. The van der Waals surface area contributed by atoms with Gasteiger partial charge in [0.1, 0.15) is 5.38 Å². The van der Waals surface area contributed by atoms with Gasteiger partial charge in [-0.25, -0.2) is 13.1 Å². The Morgan fingerprint density at radius 3 is 2.29 bits per heavy atom. The number of aryl methyl sites for hydroxylation is 1. The third-order valence-corrected chi connectivity index (χ3v) is 5.91. The van der Waals surface area contributed by atoms with E-state index in [4.69, 9.17) is 17.3 Å². The fourth-order valence-corrected chi connectivity index (χ4v) is 3.96. The Labute approximate surface area is 150 Å². The normalized spacial score (nSPS) is 14.3. The number of sulfonamides is 1. The first-order valence-electron chi connectivity index (χ1n) is 8.30. The average Bonchev–Trinajstić information content (AvgIpc) is 2.53. The van der Waals surface area contributed by atoms with Crippen LogP contribution < -0.4 is 10.5 Å². The van der Waals surface area contributed by atoms with Gasteiger partial charge in [0.2, 0.25) is 15.9 Å². The molecule has 0 spiro atoms. The third kappa shape index (κ3) is 6.79.